The van der Waals surface area contributed by atoms with Gasteiger partial charge >= 0.3 is 0 Å². The van der Waals surface area contributed by atoms with Gasteiger partial charge in [0.05, 0.1) is 23.4 Å². The number of anilines is 1. The van der Waals surface area contributed by atoms with Crippen molar-refractivity contribution >= 4 is 5.69 Å². The van der Waals surface area contributed by atoms with Crippen molar-refractivity contribution in [2.75, 3.05) is 19.5 Å². The fourth-order valence-corrected chi connectivity index (χ4v) is 1.52. The van der Waals surface area contributed by atoms with Crippen LogP contribution < -0.4 is 5.32 Å². The average Bonchev–Trinajstić information content (AvgIpc) is 2.33. The van der Waals surface area contributed by atoms with Crippen LogP contribution in [0.5, 0.6) is 0 Å². The number of nitrogens with one attached hydrogen (secondary N) is 1. The highest BCUT2D eigenvalue weighted by Crippen LogP contribution is 2.17. The summed E-state index contributed by atoms with van der Waals surface area (Å²) in [5.74, 6) is -0.471. The van der Waals surface area contributed by atoms with Gasteiger partial charge in [-0.2, -0.15) is 5.26 Å². The number of methoxy groups -OCH3 is 2. The molecule has 0 bridgehead atoms. The zero-order chi connectivity index (χ0) is 12.8. The number of ether oxygens (including phenoxy) is 2. The molecule has 0 aromatic heterocycles. The predicted octanol–water partition coefficient (Wildman–Crippen LogP) is 2.12. The molecule has 0 radical (unpaired) electrons. The fourth-order valence-electron chi connectivity index (χ4n) is 1.52. The standard InChI is InChI=1S/C12H15FN2O2/c1-8(12(16-2)17-3)15-11-5-4-9(7-14)6-10(11)13/h4-6,8,12,15H,1-3H3. The largest absolute Gasteiger partial charge is 0.375 e. The van der Waals surface area contributed by atoms with Crippen LogP contribution in [-0.4, -0.2) is 26.6 Å². The molecule has 5 heteroatoms. The molecule has 4 nitrogen and oxygen atoms in total. The second kappa shape index (κ2) is 6.18. The lowest BCUT2D eigenvalue weighted by Gasteiger charge is -2.23. The molecule has 0 aliphatic carbocycles. The maximum Gasteiger partial charge on any atom is 0.176 e. The van der Waals surface area contributed by atoms with Crippen LogP contribution >= 0.6 is 0 Å². The van der Waals surface area contributed by atoms with E-state index in [9.17, 15) is 4.39 Å². The molecule has 1 unspecified atom stereocenters. The summed E-state index contributed by atoms with van der Waals surface area (Å²) >= 11 is 0. The Morgan fingerprint density at radius 2 is 2.00 bits per heavy atom. The molecule has 1 atom stereocenters. The highest BCUT2D eigenvalue weighted by Gasteiger charge is 2.16. The topological polar surface area (TPSA) is 54.3 Å². The van der Waals surface area contributed by atoms with Crippen molar-refractivity contribution in [1.82, 2.24) is 0 Å². The number of nitriles is 1. The molecule has 0 saturated heterocycles. The fraction of sp³-hybridized carbons (Fsp3) is 0.417. The Kier molecular flexibility index (Phi) is 4.88. The number of nitrogens with zero attached hydrogens (tertiary/aromatic N) is 1. The van der Waals surface area contributed by atoms with Gasteiger partial charge in [0.1, 0.15) is 5.82 Å². The lowest BCUT2D eigenvalue weighted by molar-refractivity contribution is -0.109. The number of rotatable bonds is 5. The van der Waals surface area contributed by atoms with E-state index < -0.39 is 12.1 Å². The van der Waals surface area contributed by atoms with Crippen LogP contribution in [0.1, 0.15) is 12.5 Å². The normalized spacial score (nSPS) is 12.2. The zero-order valence-electron chi connectivity index (χ0n) is 10.0. The first-order valence-electron chi connectivity index (χ1n) is 5.14. The number of benzene rings is 1. The second-order valence-corrected chi connectivity index (χ2v) is 3.58. The molecule has 0 aliphatic heterocycles. The summed E-state index contributed by atoms with van der Waals surface area (Å²) in [5, 5.41) is 11.6. The van der Waals surface area contributed by atoms with E-state index in [1.165, 1.54) is 26.4 Å². The Labute approximate surface area is 100.0 Å². The van der Waals surface area contributed by atoms with Crippen molar-refractivity contribution in [3.05, 3.63) is 29.6 Å². The molecular weight excluding hydrogens is 223 g/mol. The minimum Gasteiger partial charge on any atom is -0.375 e. The van der Waals surface area contributed by atoms with Crippen LogP contribution in [0.2, 0.25) is 0 Å². The van der Waals surface area contributed by atoms with E-state index in [-0.39, 0.29) is 11.6 Å². The average molecular weight is 238 g/mol. The lowest BCUT2D eigenvalue weighted by atomic mass is 10.2. The number of hydrogen-bond acceptors (Lipinski definition) is 4. The summed E-state index contributed by atoms with van der Waals surface area (Å²) in [7, 11) is 3.03. The third-order valence-electron chi connectivity index (χ3n) is 2.35. The van der Waals surface area contributed by atoms with Crippen LogP contribution in [0.3, 0.4) is 0 Å². The van der Waals surface area contributed by atoms with Crippen LogP contribution in [0.4, 0.5) is 10.1 Å². The molecule has 17 heavy (non-hydrogen) atoms. The summed E-state index contributed by atoms with van der Waals surface area (Å²) in [5.41, 5.74) is 0.603. The van der Waals surface area contributed by atoms with E-state index in [1.54, 1.807) is 6.07 Å². The van der Waals surface area contributed by atoms with Gasteiger partial charge in [0.25, 0.3) is 0 Å². The Morgan fingerprint density at radius 1 is 1.35 bits per heavy atom. The summed E-state index contributed by atoms with van der Waals surface area (Å²) in [6.07, 6.45) is -0.468. The smallest absolute Gasteiger partial charge is 0.176 e. The monoisotopic (exact) mass is 238 g/mol. The molecular formula is C12H15FN2O2. The van der Waals surface area contributed by atoms with Crippen molar-refractivity contribution in [3.63, 3.8) is 0 Å². The van der Waals surface area contributed by atoms with Crippen LogP contribution in [0.25, 0.3) is 0 Å². The molecule has 0 spiro atoms. The maximum atomic E-state index is 13.6. The van der Waals surface area contributed by atoms with E-state index in [0.29, 0.717) is 5.69 Å². The van der Waals surface area contributed by atoms with Gasteiger partial charge in [0.2, 0.25) is 0 Å². The quantitative estimate of drug-likeness (QED) is 0.798. The van der Waals surface area contributed by atoms with Gasteiger partial charge < -0.3 is 14.8 Å². The van der Waals surface area contributed by atoms with Gasteiger partial charge in [-0.3, -0.25) is 0 Å². The van der Waals surface area contributed by atoms with Crippen LogP contribution in [0.15, 0.2) is 18.2 Å². The molecule has 0 saturated carbocycles. The summed E-state index contributed by atoms with van der Waals surface area (Å²) in [6, 6.07) is 5.91. The Hall–Kier alpha value is -1.64. The molecule has 1 rings (SSSR count). The zero-order valence-corrected chi connectivity index (χ0v) is 10.0. The Morgan fingerprint density at radius 3 is 2.47 bits per heavy atom. The third-order valence-corrected chi connectivity index (χ3v) is 2.35. The molecule has 0 amide bonds. The van der Waals surface area contributed by atoms with E-state index in [4.69, 9.17) is 14.7 Å². The van der Waals surface area contributed by atoms with Gasteiger partial charge in [-0.25, -0.2) is 4.39 Å². The van der Waals surface area contributed by atoms with E-state index in [0.717, 1.165) is 0 Å². The SMILES string of the molecule is COC(OC)C(C)Nc1ccc(C#N)cc1F. The van der Waals surface area contributed by atoms with Crippen LogP contribution in [-0.2, 0) is 9.47 Å². The number of halogens is 1. The van der Waals surface area contributed by atoms with Gasteiger partial charge in [-0.1, -0.05) is 0 Å². The maximum absolute atomic E-state index is 13.6. The van der Waals surface area contributed by atoms with E-state index in [1.807, 2.05) is 13.0 Å². The Balaban J connectivity index is 2.78. The van der Waals surface area contributed by atoms with Gasteiger partial charge in [-0.05, 0) is 25.1 Å². The first kappa shape index (κ1) is 13.4. The van der Waals surface area contributed by atoms with Gasteiger partial charge in [-0.15, -0.1) is 0 Å². The summed E-state index contributed by atoms with van der Waals surface area (Å²) in [4.78, 5) is 0. The molecule has 0 heterocycles. The van der Waals surface area contributed by atoms with Crippen molar-refractivity contribution in [2.45, 2.75) is 19.3 Å². The molecule has 1 aromatic rings. The van der Waals surface area contributed by atoms with Crippen molar-refractivity contribution < 1.29 is 13.9 Å². The van der Waals surface area contributed by atoms with Crippen molar-refractivity contribution in [1.29, 1.82) is 5.26 Å². The van der Waals surface area contributed by atoms with Crippen molar-refractivity contribution in [2.24, 2.45) is 0 Å². The summed E-state index contributed by atoms with van der Waals surface area (Å²) in [6.45, 7) is 1.81. The minimum atomic E-state index is -0.471. The van der Waals surface area contributed by atoms with E-state index >= 15 is 0 Å². The highest BCUT2D eigenvalue weighted by molar-refractivity contribution is 5.49. The van der Waals surface area contributed by atoms with Gasteiger partial charge in [0.15, 0.2) is 6.29 Å². The highest BCUT2D eigenvalue weighted by atomic mass is 19.1. The molecule has 0 aliphatic rings. The number of hydrogen-bond donors (Lipinski definition) is 1. The van der Waals surface area contributed by atoms with Crippen molar-refractivity contribution in [3.8, 4) is 6.07 Å². The van der Waals surface area contributed by atoms with E-state index in [2.05, 4.69) is 5.32 Å². The van der Waals surface area contributed by atoms with Gasteiger partial charge in [0, 0.05) is 14.2 Å². The second-order valence-electron chi connectivity index (χ2n) is 3.58. The lowest BCUT2D eigenvalue weighted by Crippen LogP contribution is -2.34. The summed E-state index contributed by atoms with van der Waals surface area (Å²) < 4.78 is 23.7. The third kappa shape index (κ3) is 3.41. The van der Waals surface area contributed by atoms with Crippen LogP contribution in [0, 0.1) is 17.1 Å². The predicted molar refractivity (Wildman–Crippen MR) is 62.0 cm³/mol. The molecule has 1 N–H and O–H groups in total. The molecule has 0 fully saturated rings. The minimum absolute atomic E-state index is 0.215. The Bertz CT molecular complexity index is 413. The first-order chi connectivity index (χ1) is 8.12. The molecule has 1 aromatic carbocycles. The first-order valence-corrected chi connectivity index (χ1v) is 5.14. The molecule has 92 valence electrons.